The van der Waals surface area contributed by atoms with Crippen LogP contribution in [0.1, 0.15) is 77.1 Å². The summed E-state index contributed by atoms with van der Waals surface area (Å²) in [4.78, 5) is 42.2. The second-order valence-corrected chi connectivity index (χ2v) is 9.59. The molecule has 1 fully saturated rings. The van der Waals surface area contributed by atoms with E-state index in [-0.39, 0.29) is 41.5 Å². The highest BCUT2D eigenvalue weighted by molar-refractivity contribution is 6.13. The monoisotopic (exact) mass is 502 g/mol. The van der Waals surface area contributed by atoms with Crippen molar-refractivity contribution in [2.45, 2.75) is 58.0 Å². The number of nitrogens with one attached hydrogen (secondary N) is 1. The molecule has 1 aliphatic carbocycles. The number of fused-ring (bicyclic) bond motifs is 1. The first-order valence-corrected chi connectivity index (χ1v) is 12.6. The van der Waals surface area contributed by atoms with E-state index in [1.165, 1.54) is 18.1 Å². The second kappa shape index (κ2) is 10.5. The van der Waals surface area contributed by atoms with Crippen molar-refractivity contribution in [2.75, 3.05) is 11.7 Å². The Bertz CT molecular complexity index is 1290. The SMILES string of the molecule is CC(=O)c1cc2c(cc1N(C(=O)c1ccco1)[C@@H](C(=O)NC1CCCCC1)c1ccc(C)cc1)OCO2. The number of furan rings is 1. The molecule has 2 aromatic carbocycles. The Kier molecular flexibility index (Phi) is 6.99. The van der Waals surface area contributed by atoms with Gasteiger partial charge in [-0.1, -0.05) is 49.1 Å². The normalized spacial score (nSPS) is 15.7. The number of rotatable bonds is 7. The Morgan fingerprint density at radius 1 is 0.973 bits per heavy atom. The Morgan fingerprint density at radius 2 is 1.68 bits per heavy atom. The lowest BCUT2D eigenvalue weighted by molar-refractivity contribution is -0.123. The molecule has 0 unspecified atom stereocenters. The van der Waals surface area contributed by atoms with E-state index < -0.39 is 11.9 Å². The lowest BCUT2D eigenvalue weighted by Crippen LogP contribution is -2.47. The van der Waals surface area contributed by atoms with Gasteiger partial charge >= 0.3 is 0 Å². The average Bonchev–Trinajstić information content (AvgIpc) is 3.59. The second-order valence-electron chi connectivity index (χ2n) is 9.59. The smallest absolute Gasteiger partial charge is 0.294 e. The summed E-state index contributed by atoms with van der Waals surface area (Å²) in [5, 5.41) is 3.18. The third kappa shape index (κ3) is 5.09. The van der Waals surface area contributed by atoms with Gasteiger partial charge in [0.05, 0.1) is 12.0 Å². The number of ether oxygens (including phenoxy) is 2. The van der Waals surface area contributed by atoms with E-state index in [1.807, 2.05) is 31.2 Å². The zero-order valence-electron chi connectivity index (χ0n) is 21.0. The summed E-state index contributed by atoms with van der Waals surface area (Å²) in [6.45, 7) is 3.38. The molecule has 1 atom stereocenters. The van der Waals surface area contributed by atoms with Crippen molar-refractivity contribution in [3.8, 4) is 11.5 Å². The van der Waals surface area contributed by atoms with Crippen molar-refractivity contribution >= 4 is 23.3 Å². The summed E-state index contributed by atoms with van der Waals surface area (Å²) in [6, 6.07) is 12.8. The molecule has 1 N–H and O–H groups in total. The van der Waals surface area contributed by atoms with Gasteiger partial charge in [-0.2, -0.15) is 0 Å². The maximum atomic E-state index is 14.0. The minimum Gasteiger partial charge on any atom is -0.459 e. The Hall–Kier alpha value is -4.07. The maximum Gasteiger partial charge on any atom is 0.294 e. The van der Waals surface area contributed by atoms with E-state index in [0.717, 1.165) is 37.7 Å². The van der Waals surface area contributed by atoms with Crippen LogP contribution in [-0.2, 0) is 4.79 Å². The van der Waals surface area contributed by atoms with Crippen LogP contribution >= 0.6 is 0 Å². The predicted octanol–water partition coefficient (Wildman–Crippen LogP) is 5.36. The highest BCUT2D eigenvalue weighted by Gasteiger charge is 2.38. The van der Waals surface area contributed by atoms with Gasteiger partial charge in [0.25, 0.3) is 5.91 Å². The molecule has 0 saturated heterocycles. The molecule has 0 radical (unpaired) electrons. The minimum atomic E-state index is -1.06. The molecule has 2 aliphatic rings. The Morgan fingerprint density at radius 3 is 2.32 bits per heavy atom. The van der Waals surface area contributed by atoms with Gasteiger partial charge < -0.3 is 19.2 Å². The summed E-state index contributed by atoms with van der Waals surface area (Å²) in [7, 11) is 0. The van der Waals surface area contributed by atoms with Crippen LogP contribution in [0.2, 0.25) is 0 Å². The number of anilines is 1. The van der Waals surface area contributed by atoms with E-state index in [1.54, 1.807) is 24.3 Å². The highest BCUT2D eigenvalue weighted by atomic mass is 16.7. The fourth-order valence-corrected chi connectivity index (χ4v) is 4.99. The van der Waals surface area contributed by atoms with E-state index >= 15 is 0 Å². The number of benzene rings is 2. The molecule has 8 heteroatoms. The number of carbonyl (C=O) groups excluding carboxylic acids is 3. The molecule has 8 nitrogen and oxygen atoms in total. The van der Waals surface area contributed by atoms with Crippen LogP contribution in [0.3, 0.4) is 0 Å². The Balaban J connectivity index is 1.67. The molecule has 2 amide bonds. The number of carbonyl (C=O) groups is 3. The van der Waals surface area contributed by atoms with E-state index in [4.69, 9.17) is 13.9 Å². The number of nitrogens with zero attached hydrogens (tertiary/aromatic N) is 1. The van der Waals surface area contributed by atoms with Crippen LogP contribution in [0, 0.1) is 6.92 Å². The molecule has 192 valence electrons. The molecule has 3 aromatic rings. The topological polar surface area (TPSA) is 98.1 Å². The molecular formula is C29H30N2O6. The van der Waals surface area contributed by atoms with Gasteiger partial charge in [-0.15, -0.1) is 0 Å². The van der Waals surface area contributed by atoms with Gasteiger partial charge in [-0.25, -0.2) is 0 Å². The third-order valence-electron chi connectivity index (χ3n) is 6.93. The molecule has 0 bridgehead atoms. The summed E-state index contributed by atoms with van der Waals surface area (Å²) < 4.78 is 16.5. The van der Waals surface area contributed by atoms with Crippen LogP contribution in [0.15, 0.2) is 59.2 Å². The van der Waals surface area contributed by atoms with Crippen molar-refractivity contribution in [3.63, 3.8) is 0 Å². The van der Waals surface area contributed by atoms with E-state index in [2.05, 4.69) is 5.32 Å². The van der Waals surface area contributed by atoms with Crippen molar-refractivity contribution in [1.82, 2.24) is 5.32 Å². The molecule has 1 aliphatic heterocycles. The van der Waals surface area contributed by atoms with Crippen molar-refractivity contribution in [3.05, 3.63) is 77.2 Å². The molecule has 1 aromatic heterocycles. The molecule has 1 saturated carbocycles. The predicted molar refractivity (Wildman–Crippen MR) is 137 cm³/mol. The molecule has 5 rings (SSSR count). The van der Waals surface area contributed by atoms with Crippen LogP contribution in [-0.4, -0.2) is 30.4 Å². The number of aryl methyl sites for hydroxylation is 1. The fourth-order valence-electron chi connectivity index (χ4n) is 4.99. The number of hydrogen-bond donors (Lipinski definition) is 1. The lowest BCUT2D eigenvalue weighted by atomic mass is 9.94. The minimum absolute atomic E-state index is 0.00577. The number of Topliss-reactive ketones (excluding diaryl/α,β-unsaturated/α-hetero) is 1. The molecular weight excluding hydrogens is 472 g/mol. The van der Waals surface area contributed by atoms with Gasteiger partial charge in [-0.3, -0.25) is 19.3 Å². The Labute approximate surface area is 215 Å². The van der Waals surface area contributed by atoms with Crippen molar-refractivity contribution in [1.29, 1.82) is 0 Å². The number of ketones is 1. The van der Waals surface area contributed by atoms with Crippen molar-refractivity contribution in [2.24, 2.45) is 0 Å². The summed E-state index contributed by atoms with van der Waals surface area (Å²) >= 11 is 0. The molecule has 2 heterocycles. The molecule has 0 spiro atoms. The van der Waals surface area contributed by atoms with Crippen LogP contribution in [0.4, 0.5) is 5.69 Å². The van der Waals surface area contributed by atoms with Gasteiger partial charge in [0.2, 0.25) is 12.7 Å². The fraction of sp³-hybridized carbons (Fsp3) is 0.345. The zero-order chi connectivity index (χ0) is 25.9. The lowest BCUT2D eigenvalue weighted by Gasteiger charge is -2.34. The maximum absolute atomic E-state index is 14.0. The van der Waals surface area contributed by atoms with Crippen LogP contribution < -0.4 is 19.7 Å². The van der Waals surface area contributed by atoms with Gasteiger partial charge in [0.15, 0.2) is 23.0 Å². The first kappa shape index (κ1) is 24.6. The standard InChI is InChI=1S/C29H30N2O6/c1-18-10-12-20(13-11-18)27(28(33)30-21-7-4-3-5-8-21)31(29(34)24-9-6-14-35-24)23-16-26-25(36-17-37-26)15-22(23)19(2)32/h6,9-16,21,27H,3-5,7-8,17H2,1-2H3,(H,30,33)/t27-/m1/s1. The largest absolute Gasteiger partial charge is 0.459 e. The van der Waals surface area contributed by atoms with Gasteiger partial charge in [0.1, 0.15) is 6.04 Å². The van der Waals surface area contributed by atoms with E-state index in [0.29, 0.717) is 17.1 Å². The number of hydrogen-bond acceptors (Lipinski definition) is 6. The summed E-state index contributed by atoms with van der Waals surface area (Å²) in [6.07, 6.45) is 6.43. The highest BCUT2D eigenvalue weighted by Crippen LogP contribution is 2.42. The quantitative estimate of drug-likeness (QED) is 0.437. The van der Waals surface area contributed by atoms with Crippen LogP contribution in [0.25, 0.3) is 0 Å². The zero-order valence-corrected chi connectivity index (χ0v) is 21.0. The first-order chi connectivity index (χ1) is 17.9. The third-order valence-corrected chi connectivity index (χ3v) is 6.93. The summed E-state index contributed by atoms with van der Waals surface area (Å²) in [5.74, 6) is -0.278. The van der Waals surface area contributed by atoms with Crippen molar-refractivity contribution < 1.29 is 28.3 Å². The average molecular weight is 503 g/mol. The first-order valence-electron chi connectivity index (χ1n) is 12.6. The molecule has 37 heavy (non-hydrogen) atoms. The summed E-state index contributed by atoms with van der Waals surface area (Å²) in [5.41, 5.74) is 2.13. The van der Waals surface area contributed by atoms with Gasteiger partial charge in [-0.05, 0) is 50.5 Å². The van der Waals surface area contributed by atoms with E-state index in [9.17, 15) is 14.4 Å². The van der Waals surface area contributed by atoms with Gasteiger partial charge in [0, 0.05) is 17.7 Å². The number of amides is 2. The van der Waals surface area contributed by atoms with Crippen LogP contribution in [0.5, 0.6) is 11.5 Å².